The number of hydrogen-bond donors (Lipinski definition) is 1. The molecule has 0 spiro atoms. The molecule has 1 heterocycles. The van der Waals surface area contributed by atoms with Crippen LogP contribution in [0.1, 0.15) is 18.1 Å². The van der Waals surface area contributed by atoms with E-state index in [0.29, 0.717) is 0 Å². The van der Waals surface area contributed by atoms with E-state index in [1.165, 1.54) is 11.1 Å². The Hall–Kier alpha value is -0.860. The molecule has 1 N–H and O–H groups in total. The van der Waals surface area contributed by atoms with E-state index < -0.39 is 0 Å². The van der Waals surface area contributed by atoms with Crippen molar-refractivity contribution in [2.75, 3.05) is 13.7 Å². The SMILES string of the molecule is COCC1(C)Cc2ccccc2CN1. The number of nitrogens with one attached hydrogen (secondary N) is 1. The van der Waals surface area contributed by atoms with Gasteiger partial charge in [-0.05, 0) is 24.5 Å². The fraction of sp³-hybridized carbons (Fsp3) is 0.500. The van der Waals surface area contributed by atoms with E-state index in [1.54, 1.807) is 7.11 Å². The number of fused-ring (bicyclic) bond motifs is 1. The zero-order chi connectivity index (χ0) is 10.0. The van der Waals surface area contributed by atoms with Gasteiger partial charge in [0.15, 0.2) is 0 Å². The summed E-state index contributed by atoms with van der Waals surface area (Å²) >= 11 is 0. The van der Waals surface area contributed by atoms with E-state index in [2.05, 4.69) is 36.5 Å². The highest BCUT2D eigenvalue weighted by atomic mass is 16.5. The molecule has 0 fully saturated rings. The molecule has 0 aromatic heterocycles. The van der Waals surface area contributed by atoms with Gasteiger partial charge in [0.05, 0.1) is 6.61 Å². The first-order valence-electron chi connectivity index (χ1n) is 5.04. The summed E-state index contributed by atoms with van der Waals surface area (Å²) in [6.45, 7) is 3.93. The van der Waals surface area contributed by atoms with Gasteiger partial charge in [0.2, 0.25) is 0 Å². The highest BCUT2D eigenvalue weighted by Gasteiger charge is 2.28. The third-order valence-electron chi connectivity index (χ3n) is 2.87. The molecule has 1 aromatic rings. The van der Waals surface area contributed by atoms with Crippen LogP contribution in [0, 0.1) is 0 Å². The minimum absolute atomic E-state index is 0.100. The molecule has 2 nitrogen and oxygen atoms in total. The monoisotopic (exact) mass is 191 g/mol. The number of benzene rings is 1. The van der Waals surface area contributed by atoms with Crippen LogP contribution in [0.15, 0.2) is 24.3 Å². The Kier molecular flexibility index (Phi) is 2.57. The molecule has 0 bridgehead atoms. The van der Waals surface area contributed by atoms with Crippen molar-refractivity contribution in [3.05, 3.63) is 35.4 Å². The standard InChI is InChI=1S/C12H17NO/c1-12(9-14-2)7-10-5-3-4-6-11(10)8-13-12/h3-6,13H,7-9H2,1-2H3. The molecule has 1 aliphatic rings. The van der Waals surface area contributed by atoms with Crippen LogP contribution in [0.5, 0.6) is 0 Å². The van der Waals surface area contributed by atoms with Gasteiger partial charge in [-0.2, -0.15) is 0 Å². The molecule has 1 aromatic carbocycles. The fourth-order valence-electron chi connectivity index (χ4n) is 2.11. The smallest absolute Gasteiger partial charge is 0.0645 e. The number of rotatable bonds is 2. The van der Waals surface area contributed by atoms with Gasteiger partial charge in [-0.1, -0.05) is 24.3 Å². The maximum atomic E-state index is 5.24. The first kappa shape index (κ1) is 9.69. The molecule has 14 heavy (non-hydrogen) atoms. The molecule has 1 aliphatic heterocycles. The van der Waals surface area contributed by atoms with Crippen molar-refractivity contribution >= 4 is 0 Å². The molecule has 0 saturated carbocycles. The summed E-state index contributed by atoms with van der Waals surface area (Å²) in [5.41, 5.74) is 2.97. The normalized spacial score (nSPS) is 25.9. The van der Waals surface area contributed by atoms with Crippen LogP contribution in [0.2, 0.25) is 0 Å². The maximum Gasteiger partial charge on any atom is 0.0645 e. The maximum absolute atomic E-state index is 5.24. The highest BCUT2D eigenvalue weighted by Crippen LogP contribution is 2.22. The molecular formula is C12H17NO. The van der Waals surface area contributed by atoms with Crippen LogP contribution < -0.4 is 5.32 Å². The number of methoxy groups -OCH3 is 1. The molecule has 2 rings (SSSR count). The molecule has 2 heteroatoms. The van der Waals surface area contributed by atoms with Gasteiger partial charge in [-0.25, -0.2) is 0 Å². The number of hydrogen-bond acceptors (Lipinski definition) is 2. The average molecular weight is 191 g/mol. The molecule has 0 radical (unpaired) electrons. The minimum atomic E-state index is 0.100. The summed E-state index contributed by atoms with van der Waals surface area (Å²) in [6.07, 6.45) is 1.05. The quantitative estimate of drug-likeness (QED) is 0.768. The molecule has 0 saturated heterocycles. The summed E-state index contributed by atoms with van der Waals surface area (Å²) in [5, 5.41) is 3.53. The third-order valence-corrected chi connectivity index (χ3v) is 2.87. The van der Waals surface area contributed by atoms with Crippen molar-refractivity contribution < 1.29 is 4.74 Å². The van der Waals surface area contributed by atoms with Crippen LogP contribution in [0.3, 0.4) is 0 Å². The summed E-state index contributed by atoms with van der Waals surface area (Å²) < 4.78 is 5.24. The van der Waals surface area contributed by atoms with Crippen molar-refractivity contribution in [1.29, 1.82) is 0 Å². The Morgan fingerprint density at radius 1 is 1.36 bits per heavy atom. The summed E-state index contributed by atoms with van der Waals surface area (Å²) in [6, 6.07) is 8.61. The molecule has 76 valence electrons. The second-order valence-corrected chi connectivity index (χ2v) is 4.29. The van der Waals surface area contributed by atoms with Gasteiger partial charge in [0.25, 0.3) is 0 Å². The van der Waals surface area contributed by atoms with Crippen molar-refractivity contribution in [2.45, 2.75) is 25.4 Å². The fourth-order valence-corrected chi connectivity index (χ4v) is 2.11. The Morgan fingerprint density at radius 3 is 2.79 bits per heavy atom. The second kappa shape index (κ2) is 3.71. The van der Waals surface area contributed by atoms with Crippen molar-refractivity contribution in [2.24, 2.45) is 0 Å². The summed E-state index contributed by atoms with van der Waals surface area (Å²) in [5.74, 6) is 0. The van der Waals surface area contributed by atoms with Gasteiger partial charge in [0.1, 0.15) is 0 Å². The predicted molar refractivity (Wildman–Crippen MR) is 57.3 cm³/mol. The lowest BCUT2D eigenvalue weighted by molar-refractivity contribution is 0.113. The molecule has 1 unspecified atom stereocenters. The Balaban J connectivity index is 2.20. The van der Waals surface area contributed by atoms with Crippen LogP contribution in [-0.2, 0) is 17.7 Å². The first-order chi connectivity index (χ1) is 6.73. The zero-order valence-corrected chi connectivity index (χ0v) is 8.84. The zero-order valence-electron chi connectivity index (χ0n) is 8.84. The van der Waals surface area contributed by atoms with Crippen LogP contribution in [-0.4, -0.2) is 19.3 Å². The first-order valence-corrected chi connectivity index (χ1v) is 5.04. The van der Waals surface area contributed by atoms with E-state index in [9.17, 15) is 0 Å². The van der Waals surface area contributed by atoms with Gasteiger partial charge in [-0.15, -0.1) is 0 Å². The summed E-state index contributed by atoms with van der Waals surface area (Å²) in [7, 11) is 1.76. The third kappa shape index (κ3) is 1.81. The van der Waals surface area contributed by atoms with Crippen molar-refractivity contribution in [3.63, 3.8) is 0 Å². The largest absolute Gasteiger partial charge is 0.383 e. The minimum Gasteiger partial charge on any atom is -0.383 e. The van der Waals surface area contributed by atoms with Gasteiger partial charge < -0.3 is 10.1 Å². The molecule has 1 atom stereocenters. The van der Waals surface area contributed by atoms with E-state index in [0.717, 1.165) is 19.6 Å². The van der Waals surface area contributed by atoms with Crippen molar-refractivity contribution in [1.82, 2.24) is 5.32 Å². The van der Waals surface area contributed by atoms with Crippen molar-refractivity contribution in [3.8, 4) is 0 Å². The molecule has 0 aliphatic carbocycles. The average Bonchev–Trinajstić information content (AvgIpc) is 2.17. The van der Waals surface area contributed by atoms with E-state index in [-0.39, 0.29) is 5.54 Å². The Bertz CT molecular complexity index is 324. The van der Waals surface area contributed by atoms with Crippen LogP contribution in [0.25, 0.3) is 0 Å². The lowest BCUT2D eigenvalue weighted by Crippen LogP contribution is -2.50. The van der Waals surface area contributed by atoms with Gasteiger partial charge in [0, 0.05) is 19.2 Å². The van der Waals surface area contributed by atoms with Crippen LogP contribution >= 0.6 is 0 Å². The predicted octanol–water partition coefficient (Wildman–Crippen LogP) is 1.74. The molecule has 0 amide bonds. The topological polar surface area (TPSA) is 21.3 Å². The van der Waals surface area contributed by atoms with Gasteiger partial charge >= 0.3 is 0 Å². The van der Waals surface area contributed by atoms with E-state index in [1.807, 2.05) is 0 Å². The van der Waals surface area contributed by atoms with Gasteiger partial charge in [-0.3, -0.25) is 0 Å². The molecular weight excluding hydrogens is 174 g/mol. The van der Waals surface area contributed by atoms with Crippen LogP contribution in [0.4, 0.5) is 0 Å². The second-order valence-electron chi connectivity index (χ2n) is 4.29. The summed E-state index contributed by atoms with van der Waals surface area (Å²) in [4.78, 5) is 0. The highest BCUT2D eigenvalue weighted by molar-refractivity contribution is 5.31. The Morgan fingerprint density at radius 2 is 2.07 bits per heavy atom. The van der Waals surface area contributed by atoms with E-state index in [4.69, 9.17) is 4.74 Å². The lowest BCUT2D eigenvalue weighted by atomic mass is 9.87. The van der Waals surface area contributed by atoms with E-state index >= 15 is 0 Å². The number of ether oxygens (including phenoxy) is 1. The lowest BCUT2D eigenvalue weighted by Gasteiger charge is -2.35. The Labute approximate surface area is 85.3 Å².